The van der Waals surface area contributed by atoms with E-state index in [4.69, 9.17) is 0 Å². The number of hydrogen-bond acceptors (Lipinski definition) is 2. The molecule has 0 saturated carbocycles. The number of carbonyl (C=O) groups is 1. The summed E-state index contributed by atoms with van der Waals surface area (Å²) in [6, 6.07) is 9.49. The van der Waals surface area contributed by atoms with Crippen molar-refractivity contribution in [1.82, 2.24) is 0 Å². The van der Waals surface area contributed by atoms with E-state index in [1.54, 1.807) is 12.2 Å². The number of aliphatic carboxylic acids is 1. The lowest BCUT2D eigenvalue weighted by molar-refractivity contribution is -0.149. The fourth-order valence-corrected chi connectivity index (χ4v) is 1.91. The number of benzene rings is 1. The Morgan fingerprint density at radius 3 is 2.22 bits per heavy atom. The lowest BCUT2D eigenvalue weighted by atomic mass is 9.77. The molecule has 0 aromatic heterocycles. The van der Waals surface area contributed by atoms with Gasteiger partial charge in [-0.15, -0.1) is 0 Å². The van der Waals surface area contributed by atoms with E-state index < -0.39 is 23.4 Å². The molecule has 98 valence electrons. The molecule has 0 spiro atoms. The van der Waals surface area contributed by atoms with E-state index in [1.807, 2.05) is 51.1 Å². The highest BCUT2D eigenvalue weighted by atomic mass is 16.4. The summed E-state index contributed by atoms with van der Waals surface area (Å²) in [6.07, 6.45) is 2.29. The Kier molecular flexibility index (Phi) is 4.68. The highest BCUT2D eigenvalue weighted by molar-refractivity contribution is 5.72. The van der Waals surface area contributed by atoms with Crippen LogP contribution in [0.4, 0.5) is 0 Å². The van der Waals surface area contributed by atoms with Gasteiger partial charge in [-0.1, -0.05) is 63.3 Å². The van der Waals surface area contributed by atoms with Crippen molar-refractivity contribution in [1.29, 1.82) is 0 Å². The normalized spacial score (nSPS) is 15.6. The molecule has 3 heteroatoms. The Labute approximate surface area is 108 Å². The van der Waals surface area contributed by atoms with Crippen LogP contribution in [0.15, 0.2) is 36.4 Å². The molecule has 0 bridgehead atoms. The predicted octanol–water partition coefficient (Wildman–Crippen LogP) is 2.81. The molecule has 0 aliphatic rings. The molecule has 18 heavy (non-hydrogen) atoms. The van der Waals surface area contributed by atoms with Gasteiger partial charge in [0.2, 0.25) is 0 Å². The Bertz CT molecular complexity index is 415. The van der Waals surface area contributed by atoms with Crippen LogP contribution in [-0.4, -0.2) is 22.3 Å². The van der Waals surface area contributed by atoms with Gasteiger partial charge in [0.15, 0.2) is 0 Å². The Morgan fingerprint density at radius 1 is 1.22 bits per heavy atom. The molecule has 0 saturated heterocycles. The SMILES string of the molecule is CC(C)(C)C(C(=O)O)C(O)/C=C/c1ccccc1. The van der Waals surface area contributed by atoms with Gasteiger partial charge < -0.3 is 10.2 Å². The summed E-state index contributed by atoms with van der Waals surface area (Å²) < 4.78 is 0. The molecule has 0 radical (unpaired) electrons. The van der Waals surface area contributed by atoms with Gasteiger partial charge in [-0.05, 0) is 11.0 Å². The van der Waals surface area contributed by atoms with Crippen molar-refractivity contribution in [3.8, 4) is 0 Å². The molecule has 3 nitrogen and oxygen atoms in total. The summed E-state index contributed by atoms with van der Waals surface area (Å²) in [7, 11) is 0. The zero-order valence-corrected chi connectivity index (χ0v) is 11.0. The third kappa shape index (κ3) is 4.00. The zero-order valence-electron chi connectivity index (χ0n) is 11.0. The largest absolute Gasteiger partial charge is 0.481 e. The molecule has 0 fully saturated rings. The fraction of sp³-hybridized carbons (Fsp3) is 0.400. The molecule has 1 aromatic carbocycles. The average molecular weight is 248 g/mol. The topological polar surface area (TPSA) is 57.5 Å². The first-order chi connectivity index (χ1) is 8.32. The summed E-state index contributed by atoms with van der Waals surface area (Å²) in [6.45, 7) is 5.43. The molecule has 1 rings (SSSR count). The molecular weight excluding hydrogens is 228 g/mol. The zero-order chi connectivity index (χ0) is 13.8. The van der Waals surface area contributed by atoms with E-state index in [0.717, 1.165) is 5.56 Å². The first-order valence-corrected chi connectivity index (χ1v) is 5.96. The van der Waals surface area contributed by atoms with Gasteiger partial charge in [0, 0.05) is 0 Å². The van der Waals surface area contributed by atoms with Crippen molar-refractivity contribution < 1.29 is 15.0 Å². The second-order valence-corrected chi connectivity index (χ2v) is 5.44. The molecule has 0 amide bonds. The third-order valence-electron chi connectivity index (χ3n) is 2.83. The Morgan fingerprint density at radius 2 is 1.78 bits per heavy atom. The standard InChI is InChI=1S/C15H20O3/c1-15(2,3)13(14(17)18)12(16)10-9-11-7-5-4-6-8-11/h4-10,12-13,16H,1-3H3,(H,17,18)/b10-9+. The molecule has 2 unspecified atom stereocenters. The van der Waals surface area contributed by atoms with Crippen LogP contribution in [0.3, 0.4) is 0 Å². The van der Waals surface area contributed by atoms with E-state index in [-0.39, 0.29) is 0 Å². The predicted molar refractivity (Wildman–Crippen MR) is 72.1 cm³/mol. The van der Waals surface area contributed by atoms with E-state index in [0.29, 0.717) is 0 Å². The van der Waals surface area contributed by atoms with Gasteiger partial charge in [0.1, 0.15) is 0 Å². The van der Waals surface area contributed by atoms with E-state index in [2.05, 4.69) is 0 Å². The summed E-state index contributed by atoms with van der Waals surface area (Å²) in [5.41, 5.74) is 0.446. The van der Waals surface area contributed by atoms with Crippen LogP contribution < -0.4 is 0 Å². The Hall–Kier alpha value is -1.61. The van der Waals surface area contributed by atoms with Gasteiger partial charge in [-0.25, -0.2) is 0 Å². The summed E-state index contributed by atoms with van der Waals surface area (Å²) >= 11 is 0. The van der Waals surface area contributed by atoms with Gasteiger partial charge in [-0.3, -0.25) is 4.79 Å². The van der Waals surface area contributed by atoms with Crippen LogP contribution in [0.2, 0.25) is 0 Å². The van der Waals surface area contributed by atoms with Crippen molar-refractivity contribution >= 4 is 12.0 Å². The maximum atomic E-state index is 11.2. The first kappa shape index (κ1) is 14.5. The van der Waals surface area contributed by atoms with Gasteiger partial charge in [0.25, 0.3) is 0 Å². The molecule has 1 aromatic rings. The quantitative estimate of drug-likeness (QED) is 0.861. The monoisotopic (exact) mass is 248 g/mol. The van der Waals surface area contributed by atoms with Crippen LogP contribution in [-0.2, 0) is 4.79 Å². The number of aliphatic hydroxyl groups is 1. The number of carboxylic acids is 1. The van der Waals surface area contributed by atoms with Crippen molar-refractivity contribution in [3.63, 3.8) is 0 Å². The second-order valence-electron chi connectivity index (χ2n) is 5.44. The van der Waals surface area contributed by atoms with Crippen molar-refractivity contribution in [3.05, 3.63) is 42.0 Å². The molecule has 2 atom stereocenters. The minimum Gasteiger partial charge on any atom is -0.481 e. The van der Waals surface area contributed by atoms with Crippen molar-refractivity contribution in [2.45, 2.75) is 26.9 Å². The molecule has 0 heterocycles. The first-order valence-electron chi connectivity index (χ1n) is 5.96. The lowest BCUT2D eigenvalue weighted by Crippen LogP contribution is -2.37. The number of carboxylic acid groups (broad SMARTS) is 1. The minimum atomic E-state index is -0.997. The summed E-state index contributed by atoms with van der Waals surface area (Å²) in [5.74, 6) is -1.80. The number of rotatable bonds is 4. The van der Waals surface area contributed by atoms with Crippen LogP contribution in [0.5, 0.6) is 0 Å². The molecule has 0 aliphatic heterocycles. The highest BCUT2D eigenvalue weighted by Gasteiger charge is 2.36. The molecular formula is C15H20O3. The van der Waals surface area contributed by atoms with Crippen LogP contribution in [0, 0.1) is 11.3 Å². The fourth-order valence-electron chi connectivity index (χ4n) is 1.91. The highest BCUT2D eigenvalue weighted by Crippen LogP contribution is 2.29. The van der Waals surface area contributed by atoms with Gasteiger partial charge >= 0.3 is 5.97 Å². The molecule has 0 aliphatic carbocycles. The minimum absolute atomic E-state index is 0.494. The number of aliphatic hydroxyl groups excluding tert-OH is 1. The molecule has 2 N–H and O–H groups in total. The van der Waals surface area contributed by atoms with Crippen molar-refractivity contribution in [2.24, 2.45) is 11.3 Å². The van der Waals surface area contributed by atoms with E-state index in [1.165, 1.54) is 0 Å². The number of hydrogen-bond donors (Lipinski definition) is 2. The van der Waals surface area contributed by atoms with Gasteiger partial charge in [-0.2, -0.15) is 0 Å². The van der Waals surface area contributed by atoms with Gasteiger partial charge in [0.05, 0.1) is 12.0 Å². The van der Waals surface area contributed by atoms with Crippen LogP contribution in [0.1, 0.15) is 26.3 Å². The maximum absolute atomic E-state index is 11.2. The second kappa shape index (κ2) is 5.83. The third-order valence-corrected chi connectivity index (χ3v) is 2.83. The smallest absolute Gasteiger partial charge is 0.310 e. The maximum Gasteiger partial charge on any atom is 0.310 e. The van der Waals surface area contributed by atoms with Crippen LogP contribution >= 0.6 is 0 Å². The van der Waals surface area contributed by atoms with Crippen molar-refractivity contribution in [2.75, 3.05) is 0 Å². The van der Waals surface area contributed by atoms with E-state index in [9.17, 15) is 15.0 Å². The Balaban J connectivity index is 2.83. The summed E-state index contributed by atoms with van der Waals surface area (Å²) in [4.78, 5) is 11.2. The van der Waals surface area contributed by atoms with E-state index >= 15 is 0 Å². The lowest BCUT2D eigenvalue weighted by Gasteiger charge is -2.29. The van der Waals surface area contributed by atoms with Crippen LogP contribution in [0.25, 0.3) is 6.08 Å². The average Bonchev–Trinajstić information content (AvgIpc) is 2.25. The summed E-state index contributed by atoms with van der Waals surface area (Å²) in [5, 5.41) is 19.2.